The lowest BCUT2D eigenvalue weighted by molar-refractivity contribution is -0.117. The summed E-state index contributed by atoms with van der Waals surface area (Å²) in [5, 5.41) is 14.6. The van der Waals surface area contributed by atoms with Crippen LogP contribution in [0.25, 0.3) is 11.4 Å². The fraction of sp³-hybridized carbons (Fsp3) is 0.188. The Morgan fingerprint density at radius 2 is 2.04 bits per heavy atom. The highest BCUT2D eigenvalue weighted by molar-refractivity contribution is 8.01. The van der Waals surface area contributed by atoms with Gasteiger partial charge in [0.15, 0.2) is 5.82 Å². The molecule has 0 aliphatic heterocycles. The molecule has 0 saturated heterocycles. The molecule has 3 aromatic rings. The van der Waals surface area contributed by atoms with Crippen LogP contribution in [0.3, 0.4) is 0 Å². The van der Waals surface area contributed by atoms with E-state index in [-0.39, 0.29) is 5.91 Å². The molecule has 1 aromatic carbocycles. The summed E-state index contributed by atoms with van der Waals surface area (Å²) in [4.78, 5) is 16.9. The van der Waals surface area contributed by atoms with Crippen molar-refractivity contribution in [2.75, 3.05) is 5.32 Å². The van der Waals surface area contributed by atoms with Gasteiger partial charge in [-0.1, -0.05) is 30.0 Å². The third-order valence-electron chi connectivity index (χ3n) is 3.18. The monoisotopic (exact) mass is 344 g/mol. The number of aromatic nitrogens is 3. The van der Waals surface area contributed by atoms with Gasteiger partial charge >= 0.3 is 0 Å². The van der Waals surface area contributed by atoms with Crippen LogP contribution in [0.2, 0.25) is 0 Å². The molecule has 23 heavy (non-hydrogen) atoms. The van der Waals surface area contributed by atoms with Gasteiger partial charge in [0.1, 0.15) is 0 Å². The number of amides is 1. The summed E-state index contributed by atoms with van der Waals surface area (Å²) in [5.74, 6) is 0.628. The lowest BCUT2D eigenvalue weighted by Gasteiger charge is -2.21. The van der Waals surface area contributed by atoms with Gasteiger partial charge in [0.05, 0.1) is 4.75 Å². The molecule has 0 unspecified atom stereocenters. The van der Waals surface area contributed by atoms with Crippen molar-refractivity contribution in [1.29, 1.82) is 0 Å². The van der Waals surface area contributed by atoms with E-state index in [0.29, 0.717) is 11.0 Å². The van der Waals surface area contributed by atoms with Crippen LogP contribution < -0.4 is 5.32 Å². The second-order valence-electron chi connectivity index (χ2n) is 5.41. The maximum absolute atomic E-state index is 12.5. The largest absolute Gasteiger partial charge is 0.325 e. The molecule has 118 valence electrons. The number of aromatic amines is 1. The van der Waals surface area contributed by atoms with Crippen molar-refractivity contribution in [3.8, 4) is 11.4 Å². The molecule has 2 N–H and O–H groups in total. The number of para-hydroxylation sites is 1. The molecule has 0 saturated carbocycles. The number of H-pyrrole nitrogens is 1. The summed E-state index contributed by atoms with van der Waals surface area (Å²) >= 11 is 2.93. The molecular formula is C16H16N4OS2. The number of anilines is 1. The third-order valence-corrected chi connectivity index (χ3v) is 4.93. The molecule has 7 heteroatoms. The van der Waals surface area contributed by atoms with Gasteiger partial charge in [0, 0.05) is 16.6 Å². The Kier molecular flexibility index (Phi) is 4.49. The van der Waals surface area contributed by atoms with E-state index in [1.54, 1.807) is 11.3 Å². The number of nitrogens with zero attached hydrogens (tertiary/aromatic N) is 2. The highest BCUT2D eigenvalue weighted by atomic mass is 32.2. The molecular weight excluding hydrogens is 328 g/mol. The highest BCUT2D eigenvalue weighted by Gasteiger charge is 2.31. The lowest BCUT2D eigenvalue weighted by atomic mass is 10.2. The van der Waals surface area contributed by atoms with Crippen LogP contribution in [0.1, 0.15) is 13.8 Å². The number of rotatable bonds is 5. The molecule has 5 nitrogen and oxygen atoms in total. The van der Waals surface area contributed by atoms with E-state index >= 15 is 0 Å². The van der Waals surface area contributed by atoms with Gasteiger partial charge in [0.25, 0.3) is 0 Å². The average molecular weight is 344 g/mol. The van der Waals surface area contributed by atoms with E-state index < -0.39 is 4.75 Å². The number of nitrogens with one attached hydrogen (secondary N) is 2. The maximum Gasteiger partial charge on any atom is 0.240 e. The molecule has 1 amide bonds. The van der Waals surface area contributed by atoms with Crippen LogP contribution in [0.15, 0.2) is 52.3 Å². The highest BCUT2D eigenvalue weighted by Crippen LogP contribution is 2.32. The fourth-order valence-corrected chi connectivity index (χ4v) is 3.37. The number of carbonyl (C=O) groups is 1. The first-order chi connectivity index (χ1) is 11.0. The minimum Gasteiger partial charge on any atom is -0.325 e. The van der Waals surface area contributed by atoms with Crippen LogP contribution >= 0.6 is 23.1 Å². The Balaban J connectivity index is 1.69. The van der Waals surface area contributed by atoms with Crippen molar-refractivity contribution in [1.82, 2.24) is 15.2 Å². The number of thiophene rings is 1. The predicted molar refractivity (Wildman–Crippen MR) is 94.7 cm³/mol. The molecule has 0 radical (unpaired) electrons. The summed E-state index contributed by atoms with van der Waals surface area (Å²) < 4.78 is -0.691. The van der Waals surface area contributed by atoms with Gasteiger partial charge in [-0.05, 0) is 37.4 Å². The quantitative estimate of drug-likeness (QED) is 0.685. The Bertz CT molecular complexity index is 782. The van der Waals surface area contributed by atoms with E-state index in [0.717, 1.165) is 11.3 Å². The Morgan fingerprint density at radius 1 is 1.26 bits per heavy atom. The summed E-state index contributed by atoms with van der Waals surface area (Å²) in [7, 11) is 0. The zero-order valence-corrected chi connectivity index (χ0v) is 14.4. The maximum atomic E-state index is 12.5. The Morgan fingerprint density at radius 3 is 2.74 bits per heavy atom. The lowest BCUT2D eigenvalue weighted by Crippen LogP contribution is -2.34. The minimum atomic E-state index is -0.691. The van der Waals surface area contributed by atoms with E-state index in [4.69, 9.17) is 0 Å². The smallest absolute Gasteiger partial charge is 0.240 e. The molecule has 0 fully saturated rings. The number of thioether (sulfide) groups is 1. The van der Waals surface area contributed by atoms with Gasteiger partial charge < -0.3 is 5.32 Å². The number of hydrogen-bond donors (Lipinski definition) is 2. The van der Waals surface area contributed by atoms with E-state index in [2.05, 4.69) is 20.5 Å². The molecule has 2 heterocycles. The summed E-state index contributed by atoms with van der Waals surface area (Å²) in [6, 6.07) is 11.4. The zero-order chi connectivity index (χ0) is 16.3. The minimum absolute atomic E-state index is 0.0874. The molecule has 0 aliphatic rings. The molecule has 2 aromatic heterocycles. The number of benzene rings is 1. The topological polar surface area (TPSA) is 70.7 Å². The fourth-order valence-electron chi connectivity index (χ4n) is 1.90. The van der Waals surface area contributed by atoms with Crippen molar-refractivity contribution in [3.63, 3.8) is 0 Å². The first-order valence-corrected chi connectivity index (χ1v) is 8.81. The summed E-state index contributed by atoms with van der Waals surface area (Å²) in [6.07, 6.45) is 0. The second-order valence-corrected chi connectivity index (χ2v) is 7.78. The van der Waals surface area contributed by atoms with Gasteiger partial charge in [-0.25, -0.2) is 4.98 Å². The van der Waals surface area contributed by atoms with Crippen molar-refractivity contribution >= 4 is 34.7 Å². The van der Waals surface area contributed by atoms with Gasteiger partial charge in [0.2, 0.25) is 11.1 Å². The van der Waals surface area contributed by atoms with E-state index in [9.17, 15) is 4.79 Å². The molecule has 3 rings (SSSR count). The van der Waals surface area contributed by atoms with E-state index in [1.165, 1.54) is 11.8 Å². The number of hydrogen-bond acceptors (Lipinski definition) is 5. The van der Waals surface area contributed by atoms with Crippen LogP contribution in [0.4, 0.5) is 5.69 Å². The first kappa shape index (κ1) is 15.8. The van der Waals surface area contributed by atoms with Crippen molar-refractivity contribution < 1.29 is 4.79 Å². The molecule has 0 bridgehead atoms. The average Bonchev–Trinajstić information content (AvgIpc) is 3.18. The first-order valence-electron chi connectivity index (χ1n) is 7.05. The van der Waals surface area contributed by atoms with Crippen molar-refractivity contribution in [2.24, 2.45) is 0 Å². The molecule has 0 spiro atoms. The predicted octanol–water partition coefficient (Wildman–Crippen LogP) is 4.04. The van der Waals surface area contributed by atoms with Crippen molar-refractivity contribution in [2.45, 2.75) is 23.8 Å². The van der Waals surface area contributed by atoms with Crippen LogP contribution in [0.5, 0.6) is 0 Å². The normalized spacial score (nSPS) is 11.4. The van der Waals surface area contributed by atoms with Crippen LogP contribution in [-0.4, -0.2) is 25.8 Å². The van der Waals surface area contributed by atoms with Gasteiger partial charge in [-0.3, -0.25) is 9.89 Å². The summed E-state index contributed by atoms with van der Waals surface area (Å²) in [6.45, 7) is 3.72. The number of carbonyl (C=O) groups excluding carboxylic acids is 1. The van der Waals surface area contributed by atoms with E-state index in [1.807, 2.05) is 61.0 Å². The van der Waals surface area contributed by atoms with Crippen molar-refractivity contribution in [3.05, 3.63) is 47.2 Å². The zero-order valence-electron chi connectivity index (χ0n) is 12.7. The summed E-state index contributed by atoms with van der Waals surface area (Å²) in [5.41, 5.74) is 1.78. The SMILES string of the molecule is CC(C)(Sc1n[nH]c(-c2ccsc2)n1)C(=O)Nc1ccccc1. The molecule has 0 atom stereocenters. The Hall–Kier alpha value is -2.12. The standard InChI is InChI=1S/C16H16N4OS2/c1-16(2,14(21)17-12-6-4-3-5-7-12)23-15-18-13(19-20-15)11-8-9-22-10-11/h3-10H,1-2H3,(H,17,21)(H,18,19,20). The third kappa shape index (κ3) is 3.80. The molecule has 0 aliphatic carbocycles. The Labute approximate surface area is 142 Å². The van der Waals surface area contributed by atoms with Gasteiger partial charge in [-0.2, -0.15) is 11.3 Å². The van der Waals surface area contributed by atoms with Crippen LogP contribution in [-0.2, 0) is 4.79 Å². The second kappa shape index (κ2) is 6.55. The van der Waals surface area contributed by atoms with Crippen LogP contribution in [0, 0.1) is 0 Å². The van der Waals surface area contributed by atoms with Gasteiger partial charge in [-0.15, -0.1) is 5.10 Å².